The highest BCUT2D eigenvalue weighted by atomic mass is 31.2. The second kappa shape index (κ2) is 12.2. The van der Waals surface area contributed by atoms with Gasteiger partial charge in [-0.15, -0.1) is 0 Å². The van der Waals surface area contributed by atoms with Crippen molar-refractivity contribution in [3.8, 4) is 6.01 Å². The molecule has 0 saturated carbocycles. The van der Waals surface area contributed by atoms with E-state index in [1.165, 1.54) is 0 Å². The van der Waals surface area contributed by atoms with Crippen LogP contribution in [0.1, 0.15) is 33.6 Å². The van der Waals surface area contributed by atoms with E-state index in [1.54, 1.807) is 4.90 Å². The van der Waals surface area contributed by atoms with Gasteiger partial charge in [0.05, 0.1) is 13.3 Å². The van der Waals surface area contributed by atoms with Gasteiger partial charge in [0.25, 0.3) is 0 Å². The smallest absolute Gasteiger partial charge is 0.410 e. The predicted octanol–water partition coefficient (Wildman–Crippen LogP) is 6.20. The van der Waals surface area contributed by atoms with E-state index >= 15 is 4.39 Å². The van der Waals surface area contributed by atoms with E-state index in [0.717, 1.165) is 22.1 Å². The number of carbonyl (C=O) groups excluding carboxylic acids is 1. The molecular formula is C32H34FN4O3P. The Bertz CT molecular complexity index is 1420. The van der Waals surface area contributed by atoms with Gasteiger partial charge in [0.1, 0.15) is 11.7 Å². The Morgan fingerprint density at radius 1 is 0.878 bits per heavy atom. The maximum atomic E-state index is 15.4. The topological polar surface area (TPSA) is 76.9 Å². The fraction of sp³-hybridized carbons (Fsp3) is 0.281. The van der Waals surface area contributed by atoms with E-state index in [-0.39, 0.29) is 24.0 Å². The third-order valence-corrected chi connectivity index (χ3v) is 10.3. The maximum Gasteiger partial charge on any atom is 0.410 e. The summed E-state index contributed by atoms with van der Waals surface area (Å²) in [6.07, 6.45) is 1.73. The van der Waals surface area contributed by atoms with Crippen molar-refractivity contribution in [2.24, 2.45) is 4.74 Å². The molecule has 212 valence electrons. The van der Waals surface area contributed by atoms with Crippen LogP contribution in [-0.2, 0) is 4.74 Å². The number of halogens is 1. The number of nitrogens with zero attached hydrogens (tertiary/aromatic N) is 4. The fourth-order valence-corrected chi connectivity index (χ4v) is 8.27. The summed E-state index contributed by atoms with van der Waals surface area (Å²) in [7, 11) is -2.72. The van der Waals surface area contributed by atoms with Crippen LogP contribution in [0, 0.1) is 5.82 Å². The molecule has 0 spiro atoms. The summed E-state index contributed by atoms with van der Waals surface area (Å²) < 4.78 is 32.1. The Morgan fingerprint density at radius 2 is 1.37 bits per heavy atom. The standard InChI is InChI=1S/C32H34FN4O3P/c1-32(2,3)40-31(38)37-21-19-24(20-22-37)39-30-34-23-28(33)29(35-30)36-41(25-13-7-4-8-14-25,26-15-9-5-10-16-26)27-17-11-6-12-18-27/h4-18,23-24H,19-22H2,1-3H3. The van der Waals surface area contributed by atoms with E-state index in [9.17, 15) is 4.79 Å². The highest BCUT2D eigenvalue weighted by Crippen LogP contribution is 2.49. The Kier molecular flexibility index (Phi) is 8.50. The minimum atomic E-state index is -2.72. The van der Waals surface area contributed by atoms with Crippen molar-refractivity contribution in [2.45, 2.75) is 45.3 Å². The first-order valence-electron chi connectivity index (χ1n) is 13.7. The average molecular weight is 573 g/mol. The summed E-state index contributed by atoms with van der Waals surface area (Å²) in [6, 6.07) is 30.0. The zero-order chi connectivity index (χ0) is 28.9. The Balaban J connectivity index is 1.50. The largest absolute Gasteiger partial charge is 0.460 e. The van der Waals surface area contributed by atoms with Crippen molar-refractivity contribution in [3.05, 3.63) is 103 Å². The number of piperidine rings is 1. The molecule has 0 bridgehead atoms. The van der Waals surface area contributed by atoms with Gasteiger partial charge in [-0.1, -0.05) is 91.0 Å². The lowest BCUT2D eigenvalue weighted by atomic mass is 10.1. The molecule has 1 aromatic heterocycles. The van der Waals surface area contributed by atoms with E-state index < -0.39 is 18.5 Å². The SMILES string of the molecule is CC(C)(C)OC(=O)N1CCC(Oc2ncc(F)c(N=P(c3ccccc3)(c3ccccc3)c3ccccc3)n2)CC1. The van der Waals surface area contributed by atoms with E-state index in [0.29, 0.717) is 25.9 Å². The average Bonchev–Trinajstić information content (AvgIpc) is 2.98. The quantitative estimate of drug-likeness (QED) is 0.257. The third kappa shape index (κ3) is 6.66. The first kappa shape index (κ1) is 28.5. The highest BCUT2D eigenvalue weighted by Gasteiger charge is 2.30. The van der Waals surface area contributed by atoms with Gasteiger partial charge >= 0.3 is 12.1 Å². The molecule has 0 N–H and O–H groups in total. The molecule has 2 heterocycles. The van der Waals surface area contributed by atoms with Crippen molar-refractivity contribution in [2.75, 3.05) is 13.1 Å². The molecule has 0 radical (unpaired) electrons. The number of ether oxygens (including phenoxy) is 2. The first-order valence-corrected chi connectivity index (χ1v) is 15.4. The van der Waals surface area contributed by atoms with Crippen molar-refractivity contribution < 1.29 is 18.7 Å². The molecular weight excluding hydrogens is 538 g/mol. The molecule has 0 aliphatic carbocycles. The number of carbonyl (C=O) groups is 1. The van der Waals surface area contributed by atoms with Crippen molar-refractivity contribution in [1.82, 2.24) is 14.9 Å². The molecule has 0 atom stereocenters. The van der Waals surface area contributed by atoms with Crippen molar-refractivity contribution in [3.63, 3.8) is 0 Å². The molecule has 1 aliphatic rings. The van der Waals surface area contributed by atoms with Crippen LogP contribution < -0.4 is 20.7 Å². The Morgan fingerprint density at radius 3 is 1.83 bits per heavy atom. The minimum absolute atomic E-state index is 0.0499. The van der Waals surface area contributed by atoms with Crippen LogP contribution in [0.25, 0.3) is 0 Å². The summed E-state index contributed by atoms with van der Waals surface area (Å²) in [5.41, 5.74) is -0.552. The Labute approximate surface area is 240 Å². The fourth-order valence-electron chi connectivity index (χ4n) is 4.79. The number of benzene rings is 3. The Hall–Kier alpha value is -4.03. The molecule has 0 unspecified atom stereocenters. The third-order valence-electron chi connectivity index (χ3n) is 6.70. The molecule has 4 aromatic rings. The molecule has 7 nitrogen and oxygen atoms in total. The van der Waals surface area contributed by atoms with Crippen LogP contribution in [-0.4, -0.2) is 45.8 Å². The second-order valence-electron chi connectivity index (χ2n) is 10.9. The lowest BCUT2D eigenvalue weighted by Gasteiger charge is -2.33. The van der Waals surface area contributed by atoms with E-state index in [1.807, 2.05) is 112 Å². The summed E-state index contributed by atoms with van der Waals surface area (Å²) in [5.74, 6) is -0.671. The van der Waals surface area contributed by atoms with E-state index in [4.69, 9.17) is 14.2 Å². The summed E-state index contributed by atoms with van der Waals surface area (Å²) >= 11 is 0. The van der Waals surface area contributed by atoms with Gasteiger partial charge < -0.3 is 14.4 Å². The van der Waals surface area contributed by atoms with Crippen LogP contribution in [0.2, 0.25) is 0 Å². The summed E-state index contributed by atoms with van der Waals surface area (Å²) in [4.78, 5) is 22.7. The maximum absolute atomic E-state index is 15.4. The monoisotopic (exact) mass is 572 g/mol. The lowest BCUT2D eigenvalue weighted by molar-refractivity contribution is 0.0119. The lowest BCUT2D eigenvalue weighted by Crippen LogP contribution is -2.44. The van der Waals surface area contributed by atoms with Gasteiger partial charge in [0, 0.05) is 41.8 Å². The number of amides is 1. The summed E-state index contributed by atoms with van der Waals surface area (Å²) in [6.45, 7) is 6.52. The van der Waals surface area contributed by atoms with Gasteiger partial charge in [-0.25, -0.2) is 18.9 Å². The number of hydrogen-bond donors (Lipinski definition) is 0. The molecule has 3 aromatic carbocycles. The number of hydrogen-bond acceptors (Lipinski definition) is 6. The number of likely N-dealkylation sites (tertiary alicyclic amines) is 1. The molecule has 1 fully saturated rings. The van der Waals surface area contributed by atoms with Gasteiger partial charge in [0.15, 0.2) is 11.6 Å². The molecule has 9 heteroatoms. The molecule has 1 saturated heterocycles. The van der Waals surface area contributed by atoms with Gasteiger partial charge in [-0.3, -0.25) is 0 Å². The number of aromatic nitrogens is 2. The van der Waals surface area contributed by atoms with Crippen LogP contribution >= 0.6 is 7.05 Å². The van der Waals surface area contributed by atoms with E-state index in [2.05, 4.69) is 9.97 Å². The van der Waals surface area contributed by atoms with Gasteiger partial charge in [-0.2, -0.15) is 4.98 Å². The van der Waals surface area contributed by atoms with Crippen LogP contribution in [0.15, 0.2) is 102 Å². The van der Waals surface area contributed by atoms with Gasteiger partial charge in [-0.05, 0) is 20.8 Å². The van der Waals surface area contributed by atoms with Crippen LogP contribution in [0.5, 0.6) is 6.01 Å². The molecule has 5 rings (SSSR count). The van der Waals surface area contributed by atoms with Crippen molar-refractivity contribution >= 4 is 34.9 Å². The molecule has 41 heavy (non-hydrogen) atoms. The zero-order valence-electron chi connectivity index (χ0n) is 23.5. The zero-order valence-corrected chi connectivity index (χ0v) is 24.4. The predicted molar refractivity (Wildman–Crippen MR) is 161 cm³/mol. The van der Waals surface area contributed by atoms with Crippen molar-refractivity contribution in [1.29, 1.82) is 0 Å². The highest BCUT2D eigenvalue weighted by molar-refractivity contribution is 7.87. The molecule has 1 aliphatic heterocycles. The van der Waals surface area contributed by atoms with Gasteiger partial charge in [0.2, 0.25) is 0 Å². The second-order valence-corrected chi connectivity index (χ2v) is 13.9. The summed E-state index contributed by atoms with van der Waals surface area (Å²) in [5, 5.41) is 2.94. The normalized spacial score (nSPS) is 14.4. The molecule has 1 amide bonds. The van der Waals surface area contributed by atoms with Crippen LogP contribution in [0.4, 0.5) is 15.0 Å². The minimum Gasteiger partial charge on any atom is -0.460 e. The van der Waals surface area contributed by atoms with Crippen LogP contribution in [0.3, 0.4) is 0 Å². The number of rotatable bonds is 6. The first-order chi connectivity index (χ1) is 19.7.